The van der Waals surface area contributed by atoms with Gasteiger partial charge in [-0.05, 0) is 0 Å². The fraction of sp³-hybridized carbons (Fsp3) is 0.500. The Balaban J connectivity index is 2.19. The first-order valence-corrected chi connectivity index (χ1v) is 2.66. The lowest BCUT2D eigenvalue weighted by Crippen LogP contribution is -2.21. The van der Waals surface area contributed by atoms with E-state index >= 15 is 0 Å². The number of hydrogen-bond acceptors (Lipinski definition) is 2. The van der Waals surface area contributed by atoms with Gasteiger partial charge in [-0.15, -0.1) is 0 Å². The lowest BCUT2D eigenvalue weighted by molar-refractivity contribution is 0.392. The van der Waals surface area contributed by atoms with Crippen LogP contribution in [0.3, 0.4) is 0 Å². The third-order valence-corrected chi connectivity index (χ3v) is 1.18. The predicted molar refractivity (Wildman–Crippen MR) is 31.3 cm³/mol. The molecule has 0 saturated carbocycles. The summed E-state index contributed by atoms with van der Waals surface area (Å²) in [7, 11) is 0. The van der Waals surface area contributed by atoms with E-state index in [1.54, 1.807) is 0 Å². The molecule has 43 valence electrons. The van der Waals surface area contributed by atoms with E-state index in [0.29, 0.717) is 6.54 Å². The van der Waals surface area contributed by atoms with E-state index in [4.69, 9.17) is 0 Å². The summed E-state index contributed by atoms with van der Waals surface area (Å²) in [6.07, 6.45) is 5.95. The minimum Gasteiger partial charge on any atom is -0.289 e. The molecule has 0 amide bonds. The molecule has 8 heavy (non-hydrogen) atoms. The zero-order valence-corrected chi connectivity index (χ0v) is 4.63. The molecule has 0 unspecified atom stereocenters. The van der Waals surface area contributed by atoms with Gasteiger partial charge in [0.05, 0.1) is 6.54 Å². The van der Waals surface area contributed by atoms with Gasteiger partial charge in [-0.1, -0.05) is 12.2 Å². The lowest BCUT2D eigenvalue weighted by Gasteiger charge is -2.07. The molecular formula is C6H8NO. The summed E-state index contributed by atoms with van der Waals surface area (Å²) in [6, 6.07) is 0. The Hall–Kier alpha value is -0.630. The first kappa shape index (κ1) is 5.51. The Labute approximate surface area is 48.8 Å². The average molecular weight is 110 g/mol. The summed E-state index contributed by atoms with van der Waals surface area (Å²) in [5, 5.41) is 0. The molecule has 0 N–H and O–H groups in total. The smallest absolute Gasteiger partial charge is 0.213 e. The third-order valence-electron chi connectivity index (χ3n) is 1.18. The molecule has 0 aromatic heterocycles. The van der Waals surface area contributed by atoms with Crippen molar-refractivity contribution in [1.82, 2.24) is 4.90 Å². The highest BCUT2D eigenvalue weighted by molar-refractivity contribution is 5.53. The van der Waals surface area contributed by atoms with Crippen LogP contribution in [0, 0.1) is 0 Å². The van der Waals surface area contributed by atoms with Crippen molar-refractivity contribution in [1.29, 1.82) is 0 Å². The molecule has 0 aliphatic carbocycles. The lowest BCUT2D eigenvalue weighted by atomic mass is 10.6. The zero-order valence-electron chi connectivity index (χ0n) is 4.63. The summed E-state index contributed by atoms with van der Waals surface area (Å²) >= 11 is 0. The SMILES string of the molecule is O=[C]CN1CC=CC1. The topological polar surface area (TPSA) is 20.3 Å². The Morgan fingerprint density at radius 3 is 2.62 bits per heavy atom. The highest BCUT2D eigenvalue weighted by Gasteiger charge is 2.03. The molecule has 0 spiro atoms. The number of rotatable bonds is 2. The van der Waals surface area contributed by atoms with Gasteiger partial charge >= 0.3 is 0 Å². The quantitative estimate of drug-likeness (QED) is 0.465. The molecule has 0 aromatic rings. The van der Waals surface area contributed by atoms with Crippen molar-refractivity contribution >= 4 is 6.29 Å². The van der Waals surface area contributed by atoms with Crippen LogP contribution >= 0.6 is 0 Å². The molecule has 0 atom stereocenters. The minimum atomic E-state index is 0.451. The van der Waals surface area contributed by atoms with Gasteiger partial charge < -0.3 is 0 Å². The standard InChI is InChI=1S/C6H8NO/c8-6-5-7-3-1-2-4-7/h1-2H,3-5H2. The van der Waals surface area contributed by atoms with Crippen molar-refractivity contribution in [2.75, 3.05) is 19.6 Å². The van der Waals surface area contributed by atoms with E-state index in [-0.39, 0.29) is 0 Å². The second-order valence-electron chi connectivity index (χ2n) is 1.81. The maximum absolute atomic E-state index is 9.77. The van der Waals surface area contributed by atoms with E-state index in [0.717, 1.165) is 13.1 Å². The van der Waals surface area contributed by atoms with Gasteiger partial charge in [-0.2, -0.15) is 0 Å². The summed E-state index contributed by atoms with van der Waals surface area (Å²) in [5.74, 6) is 0. The maximum atomic E-state index is 9.77. The highest BCUT2D eigenvalue weighted by atomic mass is 16.1. The van der Waals surface area contributed by atoms with Crippen molar-refractivity contribution < 1.29 is 4.79 Å². The predicted octanol–water partition coefficient (Wildman–Crippen LogP) is -0.0321. The van der Waals surface area contributed by atoms with Crippen LogP contribution in [0.25, 0.3) is 0 Å². The Kier molecular flexibility index (Phi) is 1.80. The van der Waals surface area contributed by atoms with Gasteiger partial charge in [0.15, 0.2) is 0 Å². The maximum Gasteiger partial charge on any atom is 0.213 e. The minimum absolute atomic E-state index is 0.451. The van der Waals surface area contributed by atoms with Crippen LogP contribution in [0.15, 0.2) is 12.2 Å². The van der Waals surface area contributed by atoms with Crippen molar-refractivity contribution in [3.8, 4) is 0 Å². The second kappa shape index (κ2) is 2.62. The fourth-order valence-corrected chi connectivity index (χ4v) is 0.742. The third kappa shape index (κ3) is 1.17. The van der Waals surface area contributed by atoms with Crippen molar-refractivity contribution in [3.05, 3.63) is 12.2 Å². The van der Waals surface area contributed by atoms with Gasteiger partial charge in [0.1, 0.15) is 0 Å². The first-order valence-electron chi connectivity index (χ1n) is 2.66. The van der Waals surface area contributed by atoms with Gasteiger partial charge in [0.2, 0.25) is 6.29 Å². The second-order valence-corrected chi connectivity index (χ2v) is 1.81. The normalized spacial score (nSPS) is 19.5. The van der Waals surface area contributed by atoms with Crippen molar-refractivity contribution in [2.45, 2.75) is 0 Å². The largest absolute Gasteiger partial charge is 0.289 e. The van der Waals surface area contributed by atoms with Crippen LogP contribution in [-0.4, -0.2) is 30.8 Å². The average Bonchev–Trinajstić information content (AvgIpc) is 2.19. The van der Waals surface area contributed by atoms with Gasteiger partial charge in [-0.25, -0.2) is 0 Å². The van der Waals surface area contributed by atoms with Gasteiger partial charge in [0.25, 0.3) is 0 Å². The molecule has 1 heterocycles. The van der Waals surface area contributed by atoms with E-state index in [1.165, 1.54) is 0 Å². The Bertz CT molecular complexity index is 101. The molecular weight excluding hydrogens is 102 g/mol. The summed E-state index contributed by atoms with van der Waals surface area (Å²) in [5.41, 5.74) is 0. The summed E-state index contributed by atoms with van der Waals surface area (Å²) < 4.78 is 0. The van der Waals surface area contributed by atoms with Crippen molar-refractivity contribution in [3.63, 3.8) is 0 Å². The molecule has 2 nitrogen and oxygen atoms in total. The number of carbonyl (C=O) groups excluding carboxylic acids is 1. The van der Waals surface area contributed by atoms with Crippen LogP contribution in [-0.2, 0) is 4.79 Å². The Morgan fingerprint density at radius 2 is 2.12 bits per heavy atom. The van der Waals surface area contributed by atoms with E-state index in [2.05, 4.69) is 12.2 Å². The summed E-state index contributed by atoms with van der Waals surface area (Å²) in [4.78, 5) is 11.8. The first-order chi connectivity index (χ1) is 3.93. The van der Waals surface area contributed by atoms with Crippen LogP contribution < -0.4 is 0 Å². The Morgan fingerprint density at radius 1 is 1.50 bits per heavy atom. The summed E-state index contributed by atoms with van der Waals surface area (Å²) in [6.45, 7) is 2.28. The fourth-order valence-electron chi connectivity index (χ4n) is 0.742. The van der Waals surface area contributed by atoms with E-state index < -0.39 is 0 Å². The van der Waals surface area contributed by atoms with Crippen LogP contribution in [0.1, 0.15) is 0 Å². The molecule has 2 heteroatoms. The number of hydrogen-bond donors (Lipinski definition) is 0. The molecule has 0 saturated heterocycles. The van der Waals surface area contributed by atoms with Crippen LogP contribution in [0.5, 0.6) is 0 Å². The molecule has 0 aromatic carbocycles. The zero-order chi connectivity index (χ0) is 5.82. The molecule has 1 aliphatic heterocycles. The molecule has 1 radical (unpaired) electrons. The van der Waals surface area contributed by atoms with Crippen LogP contribution in [0.2, 0.25) is 0 Å². The monoisotopic (exact) mass is 110 g/mol. The van der Waals surface area contributed by atoms with Crippen molar-refractivity contribution in [2.24, 2.45) is 0 Å². The van der Waals surface area contributed by atoms with Gasteiger partial charge in [0, 0.05) is 13.1 Å². The molecule has 0 bridgehead atoms. The van der Waals surface area contributed by atoms with E-state index in [9.17, 15) is 4.79 Å². The number of nitrogens with zero attached hydrogens (tertiary/aromatic N) is 1. The molecule has 1 rings (SSSR count). The van der Waals surface area contributed by atoms with E-state index in [1.807, 2.05) is 11.2 Å². The molecule has 1 aliphatic rings. The highest BCUT2D eigenvalue weighted by Crippen LogP contribution is 1.94. The van der Waals surface area contributed by atoms with Gasteiger partial charge in [-0.3, -0.25) is 9.69 Å². The molecule has 0 fully saturated rings. The van der Waals surface area contributed by atoms with Crippen LogP contribution in [0.4, 0.5) is 0 Å².